The first kappa shape index (κ1) is 9.86. The van der Waals surface area contributed by atoms with E-state index in [9.17, 15) is 9.18 Å². The van der Waals surface area contributed by atoms with Crippen molar-refractivity contribution in [2.24, 2.45) is 0 Å². The summed E-state index contributed by atoms with van der Waals surface area (Å²) in [5.41, 5.74) is 0.388. The van der Waals surface area contributed by atoms with Gasteiger partial charge in [0.1, 0.15) is 12.1 Å². The van der Waals surface area contributed by atoms with E-state index >= 15 is 0 Å². The van der Waals surface area contributed by atoms with Gasteiger partial charge in [-0.1, -0.05) is 15.9 Å². The quantitative estimate of drug-likeness (QED) is 0.605. The molecule has 64 valence electrons. The van der Waals surface area contributed by atoms with Gasteiger partial charge in [0.25, 0.3) is 0 Å². The van der Waals surface area contributed by atoms with Crippen molar-refractivity contribution in [2.45, 2.75) is 6.42 Å². The first-order chi connectivity index (χ1) is 5.66. The van der Waals surface area contributed by atoms with Gasteiger partial charge >= 0.3 is 0 Å². The summed E-state index contributed by atoms with van der Waals surface area (Å²) in [4.78, 5) is 10.2. The van der Waals surface area contributed by atoms with Gasteiger partial charge in [0.2, 0.25) is 0 Å². The van der Waals surface area contributed by atoms with E-state index in [1.807, 2.05) is 0 Å². The highest BCUT2D eigenvalue weighted by atomic mass is 79.9. The van der Waals surface area contributed by atoms with Gasteiger partial charge in [0.05, 0.1) is 4.47 Å². The van der Waals surface area contributed by atoms with Crippen LogP contribution in [0.5, 0.6) is 0 Å². The molecule has 0 aromatic heterocycles. The summed E-state index contributed by atoms with van der Waals surface area (Å²) in [6.45, 7) is 0. The zero-order valence-corrected chi connectivity index (χ0v) is 9.15. The monoisotopic (exact) mass is 294 g/mol. The van der Waals surface area contributed by atoms with E-state index in [1.54, 1.807) is 12.1 Å². The fraction of sp³-hybridized carbons (Fsp3) is 0.125. The highest BCUT2D eigenvalue weighted by Crippen LogP contribution is 2.25. The van der Waals surface area contributed by atoms with Gasteiger partial charge in [-0.2, -0.15) is 0 Å². The third-order valence-electron chi connectivity index (χ3n) is 1.43. The highest BCUT2D eigenvalue weighted by molar-refractivity contribution is 9.11. The lowest BCUT2D eigenvalue weighted by molar-refractivity contribution is -0.107. The summed E-state index contributed by atoms with van der Waals surface area (Å²) < 4.78 is 14.2. The molecular formula is C8H5Br2FO. The third-order valence-corrected chi connectivity index (χ3v) is 2.78. The molecule has 0 radical (unpaired) electrons. The number of carbonyl (C=O) groups excluding carboxylic acids is 1. The molecule has 0 amide bonds. The van der Waals surface area contributed by atoms with Crippen LogP contribution in [0.3, 0.4) is 0 Å². The topological polar surface area (TPSA) is 17.1 Å². The van der Waals surface area contributed by atoms with E-state index in [-0.39, 0.29) is 12.2 Å². The van der Waals surface area contributed by atoms with Crippen LogP contribution in [0.15, 0.2) is 21.1 Å². The standard InChI is InChI=1S/C8H5Br2FO/c9-6-1-2-7(10)8(11)5(6)3-4-12/h1-2,4H,3H2. The Morgan fingerprint density at radius 1 is 1.33 bits per heavy atom. The van der Waals surface area contributed by atoms with Gasteiger partial charge in [-0.25, -0.2) is 4.39 Å². The SMILES string of the molecule is O=CCc1c(Br)ccc(Br)c1F. The first-order valence-electron chi connectivity index (χ1n) is 3.23. The fourth-order valence-corrected chi connectivity index (χ4v) is 1.68. The number of aldehydes is 1. The van der Waals surface area contributed by atoms with Gasteiger partial charge in [-0.05, 0) is 28.1 Å². The van der Waals surface area contributed by atoms with E-state index in [1.165, 1.54) is 0 Å². The maximum absolute atomic E-state index is 13.2. The molecule has 0 saturated heterocycles. The Hall–Kier alpha value is -0.220. The van der Waals surface area contributed by atoms with Crippen LogP contribution in [0, 0.1) is 5.82 Å². The molecule has 0 bridgehead atoms. The molecule has 4 heteroatoms. The van der Waals surface area contributed by atoms with Crippen LogP contribution in [0.1, 0.15) is 5.56 Å². The highest BCUT2D eigenvalue weighted by Gasteiger charge is 2.09. The van der Waals surface area contributed by atoms with Crippen LogP contribution in [0.25, 0.3) is 0 Å². The van der Waals surface area contributed by atoms with Crippen molar-refractivity contribution in [2.75, 3.05) is 0 Å². The van der Waals surface area contributed by atoms with Crippen molar-refractivity contribution in [3.05, 3.63) is 32.5 Å². The molecule has 12 heavy (non-hydrogen) atoms. The van der Waals surface area contributed by atoms with Gasteiger partial charge in [0.15, 0.2) is 0 Å². The summed E-state index contributed by atoms with van der Waals surface area (Å²) in [7, 11) is 0. The third kappa shape index (κ3) is 1.93. The van der Waals surface area contributed by atoms with Crippen molar-refractivity contribution < 1.29 is 9.18 Å². The lowest BCUT2D eigenvalue weighted by atomic mass is 10.1. The van der Waals surface area contributed by atoms with Crippen molar-refractivity contribution in [3.63, 3.8) is 0 Å². The zero-order valence-electron chi connectivity index (χ0n) is 5.98. The van der Waals surface area contributed by atoms with E-state index in [0.717, 1.165) is 0 Å². The summed E-state index contributed by atoms with van der Waals surface area (Å²) >= 11 is 6.20. The Morgan fingerprint density at radius 2 is 1.92 bits per heavy atom. The van der Waals surface area contributed by atoms with Gasteiger partial charge in [-0.15, -0.1) is 0 Å². The second kappa shape index (κ2) is 4.14. The summed E-state index contributed by atoms with van der Waals surface area (Å²) in [5, 5.41) is 0. The Bertz CT molecular complexity index is 312. The molecule has 0 aliphatic carbocycles. The van der Waals surface area contributed by atoms with E-state index in [2.05, 4.69) is 31.9 Å². The molecule has 0 N–H and O–H groups in total. The summed E-state index contributed by atoms with van der Waals surface area (Å²) in [5.74, 6) is -0.378. The zero-order chi connectivity index (χ0) is 9.14. The number of halogens is 3. The molecule has 1 aromatic carbocycles. The van der Waals surface area contributed by atoms with Crippen molar-refractivity contribution >= 4 is 38.1 Å². The number of hydrogen-bond donors (Lipinski definition) is 0. The molecule has 0 spiro atoms. The summed E-state index contributed by atoms with van der Waals surface area (Å²) in [6.07, 6.45) is 0.765. The van der Waals surface area contributed by atoms with Crippen LogP contribution in [-0.4, -0.2) is 6.29 Å². The van der Waals surface area contributed by atoms with Gasteiger partial charge in [-0.3, -0.25) is 0 Å². The van der Waals surface area contributed by atoms with E-state index < -0.39 is 0 Å². The van der Waals surface area contributed by atoms with Crippen molar-refractivity contribution in [1.82, 2.24) is 0 Å². The number of carbonyl (C=O) groups is 1. The molecule has 0 aliphatic rings. The Balaban J connectivity index is 3.22. The predicted octanol–water partition coefficient (Wildman–Crippen LogP) is 3.09. The fourth-order valence-electron chi connectivity index (χ4n) is 0.840. The molecule has 1 nitrogen and oxygen atoms in total. The molecule has 0 aliphatic heterocycles. The Labute approximate surface area is 86.2 Å². The van der Waals surface area contributed by atoms with Crippen LogP contribution < -0.4 is 0 Å². The number of rotatable bonds is 2. The molecule has 0 saturated carbocycles. The van der Waals surface area contributed by atoms with Crippen LogP contribution in [0.2, 0.25) is 0 Å². The summed E-state index contributed by atoms with van der Waals surface area (Å²) in [6, 6.07) is 3.29. The molecule has 0 fully saturated rings. The van der Waals surface area contributed by atoms with Gasteiger partial charge in [0, 0.05) is 16.5 Å². The molecule has 0 atom stereocenters. The molecular weight excluding hydrogens is 291 g/mol. The average Bonchev–Trinajstić information content (AvgIpc) is 2.06. The molecule has 0 heterocycles. The number of hydrogen-bond acceptors (Lipinski definition) is 1. The minimum atomic E-state index is -0.378. The van der Waals surface area contributed by atoms with Crippen LogP contribution in [0.4, 0.5) is 4.39 Å². The van der Waals surface area contributed by atoms with Crippen molar-refractivity contribution in [1.29, 1.82) is 0 Å². The molecule has 1 rings (SSSR count). The van der Waals surface area contributed by atoms with Gasteiger partial charge < -0.3 is 4.79 Å². The second-order valence-corrected chi connectivity index (χ2v) is 3.90. The normalized spacial score (nSPS) is 9.92. The van der Waals surface area contributed by atoms with E-state index in [0.29, 0.717) is 20.8 Å². The van der Waals surface area contributed by atoms with Crippen LogP contribution in [-0.2, 0) is 11.2 Å². The smallest absolute Gasteiger partial charge is 0.142 e. The average molecular weight is 296 g/mol. The maximum Gasteiger partial charge on any atom is 0.142 e. The number of benzene rings is 1. The minimum absolute atomic E-state index is 0.0891. The first-order valence-corrected chi connectivity index (χ1v) is 4.81. The van der Waals surface area contributed by atoms with Crippen LogP contribution >= 0.6 is 31.9 Å². The maximum atomic E-state index is 13.2. The van der Waals surface area contributed by atoms with Crippen molar-refractivity contribution in [3.8, 4) is 0 Å². The molecule has 0 unspecified atom stereocenters. The Kier molecular flexibility index (Phi) is 3.40. The lowest BCUT2D eigenvalue weighted by Crippen LogP contribution is -1.94. The predicted molar refractivity (Wildman–Crippen MR) is 51.6 cm³/mol. The largest absolute Gasteiger partial charge is 0.303 e. The van der Waals surface area contributed by atoms with E-state index in [4.69, 9.17) is 0 Å². The Morgan fingerprint density at radius 3 is 2.50 bits per heavy atom. The lowest BCUT2D eigenvalue weighted by Gasteiger charge is -2.03. The second-order valence-electron chi connectivity index (χ2n) is 2.19. The molecule has 1 aromatic rings. The minimum Gasteiger partial charge on any atom is -0.303 e.